The number of nitrogens with zero attached hydrogens (tertiary/aromatic N) is 2. The lowest BCUT2D eigenvalue weighted by Crippen LogP contribution is -3.00. The molecule has 0 radical (unpaired) electrons. The molecule has 196 valence electrons. The molecule has 37 heavy (non-hydrogen) atoms. The maximum absolute atomic E-state index is 12.8. The Hall–Kier alpha value is -2.42. The van der Waals surface area contributed by atoms with Crippen LogP contribution < -0.4 is 33.6 Å². The summed E-state index contributed by atoms with van der Waals surface area (Å²) in [5.41, 5.74) is 4.52. The van der Waals surface area contributed by atoms with Crippen LogP contribution in [-0.2, 0) is 17.8 Å². The Morgan fingerprint density at radius 2 is 1.62 bits per heavy atom. The van der Waals surface area contributed by atoms with Gasteiger partial charge in [0.05, 0.1) is 32.4 Å². The molecule has 1 atom stereocenters. The summed E-state index contributed by atoms with van der Waals surface area (Å²) in [6.45, 7) is 3.63. The number of piperidine rings is 1. The van der Waals surface area contributed by atoms with Crippen LogP contribution in [-0.4, -0.2) is 54.9 Å². The standard InChI is InChI=1S/C31H37N2O3.HI/c1-33(19-17-26(18-20-33)25-11-6-3-7-12-25)22-27(34)23-36-30-14-8-13-29-28(30)15-16-31(35)32(29)21-24-9-4-2-5-10-24;/h2-14,26-27,34H,15-23H2,1H3;1H/q+1;/p-1. The number of carbonyl (C=O) groups is 1. The molecular weight excluding hydrogens is 575 g/mol. The Labute approximate surface area is 237 Å². The van der Waals surface area contributed by atoms with Crippen molar-refractivity contribution in [3.8, 4) is 5.75 Å². The highest BCUT2D eigenvalue weighted by atomic mass is 127. The van der Waals surface area contributed by atoms with E-state index in [-0.39, 0.29) is 36.5 Å². The van der Waals surface area contributed by atoms with Gasteiger partial charge in [0.2, 0.25) is 5.91 Å². The summed E-state index contributed by atoms with van der Waals surface area (Å²) in [5.74, 6) is 1.53. The van der Waals surface area contributed by atoms with Gasteiger partial charge in [0.25, 0.3) is 0 Å². The van der Waals surface area contributed by atoms with E-state index in [1.165, 1.54) is 5.56 Å². The first-order chi connectivity index (χ1) is 17.5. The number of halogens is 1. The van der Waals surface area contributed by atoms with Gasteiger partial charge in [0.1, 0.15) is 25.0 Å². The Morgan fingerprint density at radius 3 is 2.32 bits per heavy atom. The summed E-state index contributed by atoms with van der Waals surface area (Å²) < 4.78 is 7.05. The maximum Gasteiger partial charge on any atom is 0.227 e. The van der Waals surface area contributed by atoms with E-state index in [4.69, 9.17) is 4.74 Å². The highest BCUT2D eigenvalue weighted by Crippen LogP contribution is 2.36. The number of hydrogen-bond donors (Lipinski definition) is 1. The van der Waals surface area contributed by atoms with E-state index in [2.05, 4.69) is 37.4 Å². The van der Waals surface area contributed by atoms with Crippen LogP contribution in [0.2, 0.25) is 0 Å². The normalized spacial score (nSPS) is 22.1. The molecule has 2 heterocycles. The molecule has 5 nitrogen and oxygen atoms in total. The monoisotopic (exact) mass is 612 g/mol. The largest absolute Gasteiger partial charge is 1.00 e. The Bertz CT molecular complexity index is 1160. The lowest BCUT2D eigenvalue weighted by molar-refractivity contribution is -0.917. The number of anilines is 1. The zero-order chi connectivity index (χ0) is 25.0. The van der Waals surface area contributed by atoms with Crippen LogP contribution in [0, 0.1) is 0 Å². The van der Waals surface area contributed by atoms with Gasteiger partial charge in [-0.1, -0.05) is 66.7 Å². The number of benzene rings is 3. The van der Waals surface area contributed by atoms with Gasteiger partial charge in [0.15, 0.2) is 0 Å². The average molecular weight is 613 g/mol. The fourth-order valence-electron chi connectivity index (χ4n) is 5.81. The van der Waals surface area contributed by atoms with Gasteiger partial charge in [-0.3, -0.25) is 4.79 Å². The van der Waals surface area contributed by atoms with Crippen LogP contribution in [0.1, 0.15) is 41.9 Å². The van der Waals surface area contributed by atoms with Crippen LogP contribution in [0.3, 0.4) is 0 Å². The van der Waals surface area contributed by atoms with E-state index >= 15 is 0 Å². The van der Waals surface area contributed by atoms with Crippen molar-refractivity contribution in [3.05, 3.63) is 95.6 Å². The molecule has 3 aromatic rings. The summed E-state index contributed by atoms with van der Waals surface area (Å²) in [4.78, 5) is 14.6. The number of hydrogen-bond acceptors (Lipinski definition) is 3. The van der Waals surface area contributed by atoms with Gasteiger partial charge in [0, 0.05) is 24.8 Å². The SMILES string of the molecule is C[N+]1(CC(O)COc2cccc3c2CCC(=O)N3Cc2ccccc2)CCC(c2ccccc2)CC1.[I-]. The summed E-state index contributed by atoms with van der Waals surface area (Å²) in [6.07, 6.45) is 2.89. The van der Waals surface area contributed by atoms with Gasteiger partial charge >= 0.3 is 0 Å². The van der Waals surface area contributed by atoms with Crippen molar-refractivity contribution < 1.29 is 43.1 Å². The molecule has 0 spiro atoms. The minimum atomic E-state index is -0.537. The van der Waals surface area contributed by atoms with Gasteiger partial charge in [-0.25, -0.2) is 0 Å². The molecule has 2 aliphatic rings. The summed E-state index contributed by atoms with van der Waals surface area (Å²) in [5, 5.41) is 10.9. The quantitative estimate of drug-likeness (QED) is 0.313. The highest BCUT2D eigenvalue weighted by molar-refractivity contribution is 5.96. The second-order valence-corrected chi connectivity index (χ2v) is 10.6. The lowest BCUT2D eigenvalue weighted by Gasteiger charge is -2.41. The highest BCUT2D eigenvalue weighted by Gasteiger charge is 2.33. The predicted octanol–water partition coefficient (Wildman–Crippen LogP) is 1.93. The van der Waals surface area contributed by atoms with Gasteiger partial charge in [-0.2, -0.15) is 0 Å². The minimum absolute atomic E-state index is 0. The molecule has 3 aromatic carbocycles. The zero-order valence-corrected chi connectivity index (χ0v) is 23.7. The van der Waals surface area contributed by atoms with Crippen molar-refractivity contribution in [2.24, 2.45) is 0 Å². The first kappa shape index (κ1) is 27.6. The van der Waals surface area contributed by atoms with E-state index in [9.17, 15) is 9.90 Å². The molecule has 0 bridgehead atoms. The maximum atomic E-state index is 12.8. The molecule has 1 N–H and O–H groups in total. The Balaban J connectivity index is 0.00000320. The summed E-state index contributed by atoms with van der Waals surface area (Å²) in [6, 6.07) is 26.8. The number of amides is 1. The number of aliphatic hydroxyl groups is 1. The third kappa shape index (κ3) is 6.72. The Kier molecular flexibility index (Phi) is 9.27. The van der Waals surface area contributed by atoms with E-state index in [0.29, 0.717) is 31.8 Å². The molecule has 0 aliphatic carbocycles. The fourth-order valence-corrected chi connectivity index (χ4v) is 5.81. The van der Waals surface area contributed by atoms with Crippen molar-refractivity contribution in [2.75, 3.05) is 38.2 Å². The molecule has 5 rings (SSSR count). The van der Waals surface area contributed by atoms with Crippen LogP contribution >= 0.6 is 0 Å². The number of ether oxygens (including phenoxy) is 1. The van der Waals surface area contributed by atoms with Gasteiger partial charge < -0.3 is 43.2 Å². The zero-order valence-electron chi connectivity index (χ0n) is 21.6. The third-order valence-electron chi connectivity index (χ3n) is 7.86. The van der Waals surface area contributed by atoms with Crippen molar-refractivity contribution in [2.45, 2.75) is 44.2 Å². The number of quaternary nitrogens is 1. The molecular formula is C31H37IN2O3. The van der Waals surface area contributed by atoms with Crippen molar-refractivity contribution >= 4 is 11.6 Å². The smallest absolute Gasteiger partial charge is 0.227 e. The first-order valence-electron chi connectivity index (χ1n) is 13.2. The molecule has 1 unspecified atom stereocenters. The van der Waals surface area contributed by atoms with Crippen LogP contribution in [0.4, 0.5) is 5.69 Å². The average Bonchev–Trinajstić information content (AvgIpc) is 2.90. The van der Waals surface area contributed by atoms with E-state index in [1.807, 2.05) is 53.4 Å². The van der Waals surface area contributed by atoms with Crippen LogP contribution in [0.5, 0.6) is 5.75 Å². The van der Waals surface area contributed by atoms with E-state index in [0.717, 1.165) is 53.0 Å². The number of likely N-dealkylation sites (N-methyl/N-ethyl adjacent to an activating group) is 1. The number of rotatable bonds is 8. The molecule has 0 aromatic heterocycles. The molecule has 0 saturated carbocycles. The second kappa shape index (κ2) is 12.4. The number of carbonyl (C=O) groups excluding carboxylic acids is 1. The lowest BCUT2D eigenvalue weighted by atomic mass is 9.88. The van der Waals surface area contributed by atoms with Gasteiger partial charge in [-0.15, -0.1) is 0 Å². The topological polar surface area (TPSA) is 49.8 Å². The van der Waals surface area contributed by atoms with Crippen molar-refractivity contribution in [1.82, 2.24) is 0 Å². The van der Waals surface area contributed by atoms with Crippen LogP contribution in [0.25, 0.3) is 0 Å². The second-order valence-electron chi connectivity index (χ2n) is 10.6. The number of likely N-dealkylation sites (tertiary alicyclic amines) is 1. The molecule has 6 heteroatoms. The number of aliphatic hydroxyl groups excluding tert-OH is 1. The minimum Gasteiger partial charge on any atom is -1.00 e. The fraction of sp³-hybridized carbons (Fsp3) is 0.387. The van der Waals surface area contributed by atoms with Gasteiger partial charge in [-0.05, 0) is 35.6 Å². The molecule has 1 saturated heterocycles. The third-order valence-corrected chi connectivity index (χ3v) is 7.86. The molecule has 1 fully saturated rings. The first-order valence-corrected chi connectivity index (χ1v) is 13.2. The van der Waals surface area contributed by atoms with Crippen LogP contribution in [0.15, 0.2) is 78.9 Å². The molecule has 2 aliphatic heterocycles. The molecule has 1 amide bonds. The Morgan fingerprint density at radius 1 is 0.946 bits per heavy atom. The van der Waals surface area contributed by atoms with E-state index in [1.54, 1.807) is 0 Å². The predicted molar refractivity (Wildman–Crippen MR) is 143 cm³/mol. The van der Waals surface area contributed by atoms with E-state index < -0.39 is 6.10 Å². The van der Waals surface area contributed by atoms with Crippen molar-refractivity contribution in [1.29, 1.82) is 0 Å². The van der Waals surface area contributed by atoms with Crippen molar-refractivity contribution in [3.63, 3.8) is 0 Å². The summed E-state index contributed by atoms with van der Waals surface area (Å²) >= 11 is 0. The summed E-state index contributed by atoms with van der Waals surface area (Å²) in [7, 11) is 2.25. The number of fused-ring (bicyclic) bond motifs is 1.